The number of carbonyl (C=O) groups excluding carboxylic acids is 1. The van der Waals surface area contributed by atoms with Crippen LogP contribution in [0.1, 0.15) is 22.4 Å². The molecule has 0 atom stereocenters. The predicted molar refractivity (Wildman–Crippen MR) is 124 cm³/mol. The molecule has 2 aromatic heterocycles. The van der Waals surface area contributed by atoms with Gasteiger partial charge in [0.25, 0.3) is 0 Å². The highest BCUT2D eigenvalue weighted by atomic mass is 16.5. The Balaban J connectivity index is 1.45. The van der Waals surface area contributed by atoms with Crippen molar-refractivity contribution in [3.63, 3.8) is 0 Å². The van der Waals surface area contributed by atoms with E-state index in [1.54, 1.807) is 24.3 Å². The summed E-state index contributed by atoms with van der Waals surface area (Å²) < 4.78 is 5.89. The van der Waals surface area contributed by atoms with Crippen LogP contribution in [0.3, 0.4) is 0 Å². The third kappa shape index (κ3) is 3.98. The van der Waals surface area contributed by atoms with Crippen LogP contribution in [0.5, 0.6) is 5.75 Å². The fourth-order valence-corrected chi connectivity index (χ4v) is 3.89. The standard InChI is InChI=1S/C26H18N4O3/c27-13-18-11-20(33-15-19-6-5-16-3-1-2-4-22(16)30-19)7-8-21(18)26-25(23(31)14-29-26)17-9-10-28-24(32)12-17/h1-12,29H,14-15H2,(H,28,32). The third-order valence-electron chi connectivity index (χ3n) is 5.44. The molecular formula is C26H18N4O3. The Morgan fingerprint density at radius 3 is 2.76 bits per heavy atom. The number of para-hydroxylation sites is 1. The van der Waals surface area contributed by atoms with Crippen LogP contribution < -0.4 is 15.6 Å². The van der Waals surface area contributed by atoms with Gasteiger partial charge < -0.3 is 15.0 Å². The first-order valence-electron chi connectivity index (χ1n) is 10.3. The quantitative estimate of drug-likeness (QED) is 0.498. The van der Waals surface area contributed by atoms with Gasteiger partial charge in [0.15, 0.2) is 5.78 Å². The van der Waals surface area contributed by atoms with E-state index in [1.807, 2.05) is 36.4 Å². The number of rotatable bonds is 5. The second kappa shape index (κ2) is 8.44. The number of nitriles is 1. The highest BCUT2D eigenvalue weighted by molar-refractivity contribution is 6.31. The average Bonchev–Trinajstić information content (AvgIpc) is 3.23. The van der Waals surface area contributed by atoms with Gasteiger partial charge in [0, 0.05) is 23.2 Å². The Morgan fingerprint density at radius 1 is 1.03 bits per heavy atom. The Kier molecular flexibility index (Phi) is 5.17. The van der Waals surface area contributed by atoms with Gasteiger partial charge in [-0.25, -0.2) is 4.98 Å². The first-order chi connectivity index (χ1) is 16.1. The molecule has 0 saturated heterocycles. The second-order valence-corrected chi connectivity index (χ2v) is 7.57. The maximum absolute atomic E-state index is 12.5. The summed E-state index contributed by atoms with van der Waals surface area (Å²) in [6, 6.07) is 22.1. The normalized spacial score (nSPS) is 13.1. The first-order valence-corrected chi connectivity index (χ1v) is 10.3. The van der Waals surface area contributed by atoms with Crippen LogP contribution in [0.25, 0.3) is 22.2 Å². The van der Waals surface area contributed by atoms with E-state index in [9.17, 15) is 14.9 Å². The molecule has 160 valence electrons. The molecule has 2 aromatic carbocycles. The lowest BCUT2D eigenvalue weighted by atomic mass is 9.97. The molecule has 0 bridgehead atoms. The lowest BCUT2D eigenvalue weighted by Crippen LogP contribution is -2.11. The molecule has 7 heteroatoms. The second-order valence-electron chi connectivity index (χ2n) is 7.57. The van der Waals surface area contributed by atoms with Crippen molar-refractivity contribution >= 4 is 28.0 Å². The third-order valence-corrected chi connectivity index (χ3v) is 5.44. The number of H-pyrrole nitrogens is 1. The van der Waals surface area contributed by atoms with Gasteiger partial charge >= 0.3 is 0 Å². The summed E-state index contributed by atoms with van der Waals surface area (Å²) in [7, 11) is 0. The van der Waals surface area contributed by atoms with Crippen molar-refractivity contribution in [3.8, 4) is 11.8 Å². The van der Waals surface area contributed by atoms with Crippen molar-refractivity contribution < 1.29 is 9.53 Å². The summed E-state index contributed by atoms with van der Waals surface area (Å²) in [6.07, 6.45) is 1.50. The summed E-state index contributed by atoms with van der Waals surface area (Å²) >= 11 is 0. The first kappa shape index (κ1) is 20.2. The minimum atomic E-state index is -0.300. The van der Waals surface area contributed by atoms with Crippen molar-refractivity contribution in [1.82, 2.24) is 15.3 Å². The van der Waals surface area contributed by atoms with Crippen molar-refractivity contribution in [3.05, 3.63) is 106 Å². The van der Waals surface area contributed by atoms with E-state index in [-0.39, 0.29) is 24.5 Å². The van der Waals surface area contributed by atoms with E-state index < -0.39 is 0 Å². The minimum absolute atomic E-state index is 0.105. The number of ketones is 1. The zero-order valence-corrected chi connectivity index (χ0v) is 17.5. The molecule has 0 aliphatic carbocycles. The zero-order chi connectivity index (χ0) is 22.8. The topological polar surface area (TPSA) is 108 Å². The number of benzene rings is 2. The van der Waals surface area contributed by atoms with Crippen molar-refractivity contribution in [1.29, 1.82) is 5.26 Å². The van der Waals surface area contributed by atoms with E-state index >= 15 is 0 Å². The van der Waals surface area contributed by atoms with E-state index in [4.69, 9.17) is 4.74 Å². The molecule has 2 N–H and O–H groups in total. The van der Waals surface area contributed by atoms with Gasteiger partial charge in [-0.15, -0.1) is 0 Å². The van der Waals surface area contributed by atoms with Crippen LogP contribution in [0.15, 0.2) is 77.7 Å². The summed E-state index contributed by atoms with van der Waals surface area (Å²) in [4.78, 5) is 31.4. The fourth-order valence-electron chi connectivity index (χ4n) is 3.89. The molecule has 33 heavy (non-hydrogen) atoms. The van der Waals surface area contributed by atoms with E-state index in [1.165, 1.54) is 12.3 Å². The highest BCUT2D eigenvalue weighted by Gasteiger charge is 2.27. The zero-order valence-electron chi connectivity index (χ0n) is 17.5. The predicted octanol–water partition coefficient (Wildman–Crippen LogP) is 3.41. The number of nitrogens with one attached hydrogen (secondary N) is 2. The Morgan fingerprint density at radius 2 is 1.91 bits per heavy atom. The number of hydrogen-bond acceptors (Lipinski definition) is 6. The van der Waals surface area contributed by atoms with Gasteiger partial charge in [0.1, 0.15) is 12.4 Å². The molecule has 0 spiro atoms. The lowest BCUT2D eigenvalue weighted by molar-refractivity contribution is -0.112. The monoisotopic (exact) mass is 434 g/mol. The molecule has 0 radical (unpaired) electrons. The molecule has 1 aliphatic heterocycles. The molecule has 1 aliphatic rings. The van der Waals surface area contributed by atoms with Gasteiger partial charge in [-0.3, -0.25) is 9.59 Å². The average molecular weight is 434 g/mol. The minimum Gasteiger partial charge on any atom is -0.487 e. The molecule has 0 unspecified atom stereocenters. The molecule has 5 rings (SSSR count). The van der Waals surface area contributed by atoms with Crippen molar-refractivity contribution in [2.45, 2.75) is 6.61 Å². The number of ether oxygens (including phenoxy) is 1. The van der Waals surface area contributed by atoms with Crippen LogP contribution in [-0.4, -0.2) is 22.3 Å². The van der Waals surface area contributed by atoms with E-state index in [2.05, 4.69) is 21.4 Å². The Labute approximate surface area is 189 Å². The molecular weight excluding hydrogens is 416 g/mol. The summed E-state index contributed by atoms with van der Waals surface area (Å²) in [6.45, 7) is 0.362. The number of nitrogens with zero attached hydrogens (tertiary/aromatic N) is 2. The van der Waals surface area contributed by atoms with Gasteiger partial charge in [0.05, 0.1) is 40.7 Å². The number of Topliss-reactive ketones (excluding diaryl/α,β-unsaturated/α-hetero) is 1. The molecule has 7 nitrogen and oxygen atoms in total. The van der Waals surface area contributed by atoms with Crippen LogP contribution in [0, 0.1) is 11.3 Å². The number of aromatic amines is 1. The van der Waals surface area contributed by atoms with E-state index in [0.717, 1.165) is 16.6 Å². The number of pyridine rings is 2. The molecule has 0 amide bonds. The van der Waals surface area contributed by atoms with Crippen LogP contribution in [-0.2, 0) is 11.4 Å². The summed E-state index contributed by atoms with van der Waals surface area (Å²) in [5.74, 6) is 0.384. The van der Waals surface area contributed by atoms with E-state index in [0.29, 0.717) is 33.7 Å². The molecule has 0 fully saturated rings. The van der Waals surface area contributed by atoms with Crippen molar-refractivity contribution in [2.24, 2.45) is 0 Å². The maximum Gasteiger partial charge on any atom is 0.248 e. The fraction of sp³-hybridized carbons (Fsp3) is 0.0769. The van der Waals surface area contributed by atoms with Gasteiger partial charge in [-0.2, -0.15) is 5.26 Å². The number of hydrogen-bond donors (Lipinski definition) is 2. The van der Waals surface area contributed by atoms with Crippen molar-refractivity contribution in [2.75, 3.05) is 6.54 Å². The van der Waals surface area contributed by atoms with Gasteiger partial charge in [0.2, 0.25) is 5.56 Å². The smallest absolute Gasteiger partial charge is 0.248 e. The Hall–Kier alpha value is -4.70. The van der Waals surface area contributed by atoms with Gasteiger partial charge in [-0.05, 0) is 42.0 Å². The molecule has 4 aromatic rings. The number of fused-ring (bicyclic) bond motifs is 1. The Bertz CT molecular complexity index is 1530. The largest absolute Gasteiger partial charge is 0.487 e. The molecule has 0 saturated carbocycles. The van der Waals surface area contributed by atoms with Crippen LogP contribution >= 0.6 is 0 Å². The summed E-state index contributed by atoms with van der Waals surface area (Å²) in [5.41, 5.74) is 3.74. The molecule has 3 heterocycles. The summed E-state index contributed by atoms with van der Waals surface area (Å²) in [5, 5.41) is 13.9. The van der Waals surface area contributed by atoms with Crippen LogP contribution in [0.4, 0.5) is 0 Å². The SMILES string of the molecule is N#Cc1cc(OCc2ccc3ccccc3n2)ccc1C1=C(c2cc[nH]c(=O)c2)C(=O)CN1. The van der Waals surface area contributed by atoms with Crippen LogP contribution in [0.2, 0.25) is 0 Å². The highest BCUT2D eigenvalue weighted by Crippen LogP contribution is 2.32. The maximum atomic E-state index is 12.5. The van der Waals surface area contributed by atoms with Gasteiger partial charge in [-0.1, -0.05) is 24.3 Å². The number of aromatic nitrogens is 2. The lowest BCUT2D eigenvalue weighted by Gasteiger charge is -2.12. The number of carbonyl (C=O) groups is 1.